The first-order valence-corrected chi connectivity index (χ1v) is 6.91. The van der Waals surface area contributed by atoms with Gasteiger partial charge in [-0.3, -0.25) is 4.79 Å². The van der Waals surface area contributed by atoms with Gasteiger partial charge in [0.05, 0.1) is 5.54 Å². The second-order valence-electron chi connectivity index (χ2n) is 5.61. The number of amides is 1. The van der Waals surface area contributed by atoms with Gasteiger partial charge in [-0.2, -0.15) is 0 Å². The number of nitrogens with two attached hydrogens (primary N) is 1. The molecule has 18 heavy (non-hydrogen) atoms. The van der Waals surface area contributed by atoms with Crippen LogP contribution in [0.25, 0.3) is 0 Å². The minimum Gasteiger partial charge on any atom is -0.396 e. The topological polar surface area (TPSA) is 84.6 Å². The molecule has 2 unspecified atom stereocenters. The second-order valence-corrected chi connectivity index (χ2v) is 5.61. The Kier molecular flexibility index (Phi) is 4.59. The van der Waals surface area contributed by atoms with Crippen molar-refractivity contribution in [3.05, 3.63) is 0 Å². The summed E-state index contributed by atoms with van der Waals surface area (Å²) < 4.78 is 5.23. The molecule has 2 atom stereocenters. The van der Waals surface area contributed by atoms with Crippen LogP contribution in [0.2, 0.25) is 0 Å². The molecule has 1 saturated carbocycles. The lowest BCUT2D eigenvalue weighted by atomic mass is 9.89. The molecular formula is C13H24N2O3. The maximum absolute atomic E-state index is 12.1. The van der Waals surface area contributed by atoms with E-state index in [9.17, 15) is 9.90 Å². The molecule has 0 aromatic rings. The molecule has 1 amide bonds. The van der Waals surface area contributed by atoms with Gasteiger partial charge in [0.1, 0.15) is 0 Å². The van der Waals surface area contributed by atoms with Gasteiger partial charge in [0.2, 0.25) is 5.91 Å². The fourth-order valence-electron chi connectivity index (χ4n) is 2.99. The molecule has 0 spiro atoms. The molecule has 0 bridgehead atoms. The number of carbonyl (C=O) groups excluding carboxylic acids is 1. The Labute approximate surface area is 108 Å². The van der Waals surface area contributed by atoms with E-state index in [2.05, 4.69) is 5.32 Å². The molecule has 104 valence electrons. The molecule has 5 heteroatoms. The van der Waals surface area contributed by atoms with E-state index >= 15 is 0 Å². The van der Waals surface area contributed by atoms with Crippen LogP contribution in [0, 0.1) is 11.8 Å². The Hall–Kier alpha value is -0.650. The van der Waals surface area contributed by atoms with E-state index < -0.39 is 5.54 Å². The molecule has 0 aromatic heterocycles. The smallest absolute Gasteiger partial charge is 0.240 e. The number of hydrogen-bond donors (Lipinski definition) is 3. The summed E-state index contributed by atoms with van der Waals surface area (Å²) in [5.41, 5.74) is 5.35. The molecule has 2 aliphatic rings. The number of aliphatic hydroxyl groups excluding tert-OH is 1. The zero-order chi connectivity index (χ0) is 13.0. The van der Waals surface area contributed by atoms with Gasteiger partial charge in [-0.15, -0.1) is 0 Å². The number of carbonyl (C=O) groups is 1. The monoisotopic (exact) mass is 256 g/mol. The summed E-state index contributed by atoms with van der Waals surface area (Å²) in [5.74, 6) is 0.686. The lowest BCUT2D eigenvalue weighted by Gasteiger charge is -2.32. The van der Waals surface area contributed by atoms with Crippen LogP contribution >= 0.6 is 0 Å². The summed E-state index contributed by atoms with van der Waals surface area (Å²) in [6.07, 6.45) is 4.48. The number of hydrogen-bond acceptors (Lipinski definition) is 4. The van der Waals surface area contributed by atoms with E-state index in [1.165, 1.54) is 0 Å². The minimum absolute atomic E-state index is 0.0608. The van der Waals surface area contributed by atoms with Gasteiger partial charge in [-0.05, 0) is 37.5 Å². The predicted molar refractivity (Wildman–Crippen MR) is 67.9 cm³/mol. The Morgan fingerprint density at radius 3 is 2.67 bits per heavy atom. The summed E-state index contributed by atoms with van der Waals surface area (Å²) >= 11 is 0. The molecule has 0 radical (unpaired) electrons. The van der Waals surface area contributed by atoms with E-state index in [4.69, 9.17) is 10.5 Å². The van der Waals surface area contributed by atoms with Crippen LogP contribution < -0.4 is 11.1 Å². The van der Waals surface area contributed by atoms with Crippen LogP contribution in [0.15, 0.2) is 0 Å². The van der Waals surface area contributed by atoms with Crippen molar-refractivity contribution in [2.45, 2.75) is 37.6 Å². The van der Waals surface area contributed by atoms with Crippen molar-refractivity contribution in [2.75, 3.05) is 26.4 Å². The van der Waals surface area contributed by atoms with Gasteiger partial charge in [0.25, 0.3) is 0 Å². The SMILES string of the molecule is NC1(C(=O)NCC2CCCC2CO)CCOCC1. The first kappa shape index (κ1) is 13.8. The highest BCUT2D eigenvalue weighted by Gasteiger charge is 2.36. The highest BCUT2D eigenvalue weighted by molar-refractivity contribution is 5.86. The van der Waals surface area contributed by atoms with E-state index in [1.54, 1.807) is 0 Å². The largest absolute Gasteiger partial charge is 0.396 e. The summed E-state index contributed by atoms with van der Waals surface area (Å²) in [7, 11) is 0. The molecule has 5 nitrogen and oxygen atoms in total. The van der Waals surface area contributed by atoms with Gasteiger partial charge >= 0.3 is 0 Å². The second kappa shape index (κ2) is 5.99. The molecule has 1 heterocycles. The zero-order valence-electron chi connectivity index (χ0n) is 10.9. The predicted octanol–water partition coefficient (Wildman–Crippen LogP) is 0.0191. The van der Waals surface area contributed by atoms with E-state index in [0.29, 0.717) is 44.4 Å². The third kappa shape index (κ3) is 3.02. The number of aliphatic hydroxyl groups is 1. The summed E-state index contributed by atoms with van der Waals surface area (Å²) in [4.78, 5) is 12.1. The van der Waals surface area contributed by atoms with Crippen molar-refractivity contribution < 1.29 is 14.6 Å². The Morgan fingerprint density at radius 1 is 1.33 bits per heavy atom. The number of ether oxygens (including phenoxy) is 1. The zero-order valence-corrected chi connectivity index (χ0v) is 10.9. The van der Waals surface area contributed by atoms with Gasteiger partial charge < -0.3 is 20.9 Å². The Bertz CT molecular complexity index is 290. The van der Waals surface area contributed by atoms with Gasteiger partial charge in [0, 0.05) is 26.4 Å². The molecule has 1 saturated heterocycles. The third-order valence-corrected chi connectivity index (χ3v) is 4.41. The Balaban J connectivity index is 1.80. The molecule has 2 fully saturated rings. The van der Waals surface area contributed by atoms with Gasteiger partial charge in [-0.25, -0.2) is 0 Å². The fraction of sp³-hybridized carbons (Fsp3) is 0.923. The number of rotatable bonds is 4. The maximum atomic E-state index is 12.1. The molecule has 0 aromatic carbocycles. The van der Waals surface area contributed by atoms with Crippen molar-refractivity contribution in [3.63, 3.8) is 0 Å². The summed E-state index contributed by atoms with van der Waals surface area (Å²) in [6, 6.07) is 0. The van der Waals surface area contributed by atoms with Crippen LogP contribution in [0.5, 0.6) is 0 Å². The van der Waals surface area contributed by atoms with E-state index in [1.807, 2.05) is 0 Å². The molecule has 1 aliphatic carbocycles. The van der Waals surface area contributed by atoms with Crippen LogP contribution in [0.3, 0.4) is 0 Å². The van der Waals surface area contributed by atoms with Gasteiger partial charge in [0.15, 0.2) is 0 Å². The number of nitrogens with one attached hydrogen (secondary N) is 1. The van der Waals surface area contributed by atoms with Crippen molar-refractivity contribution in [1.82, 2.24) is 5.32 Å². The maximum Gasteiger partial charge on any atom is 0.240 e. The average molecular weight is 256 g/mol. The molecular weight excluding hydrogens is 232 g/mol. The fourth-order valence-corrected chi connectivity index (χ4v) is 2.99. The normalized spacial score (nSPS) is 31.2. The third-order valence-electron chi connectivity index (χ3n) is 4.41. The minimum atomic E-state index is -0.758. The van der Waals surface area contributed by atoms with Crippen molar-refractivity contribution in [1.29, 1.82) is 0 Å². The van der Waals surface area contributed by atoms with Gasteiger partial charge in [-0.1, -0.05) is 6.42 Å². The standard InChI is InChI=1S/C13H24N2O3/c14-13(4-6-18-7-5-13)12(17)15-8-10-2-1-3-11(10)9-16/h10-11,16H,1-9,14H2,(H,15,17). The van der Waals surface area contributed by atoms with Crippen molar-refractivity contribution in [2.24, 2.45) is 17.6 Å². The molecule has 1 aliphatic heterocycles. The van der Waals surface area contributed by atoms with Crippen molar-refractivity contribution in [3.8, 4) is 0 Å². The summed E-state index contributed by atoms with van der Waals surface area (Å²) in [6.45, 7) is 1.99. The van der Waals surface area contributed by atoms with Crippen LogP contribution in [-0.4, -0.2) is 42.9 Å². The van der Waals surface area contributed by atoms with Crippen LogP contribution in [0.4, 0.5) is 0 Å². The van der Waals surface area contributed by atoms with E-state index in [-0.39, 0.29) is 12.5 Å². The quantitative estimate of drug-likeness (QED) is 0.662. The highest BCUT2D eigenvalue weighted by Crippen LogP contribution is 2.30. The lowest BCUT2D eigenvalue weighted by molar-refractivity contribution is -0.130. The van der Waals surface area contributed by atoms with E-state index in [0.717, 1.165) is 19.3 Å². The first-order chi connectivity index (χ1) is 8.65. The van der Waals surface area contributed by atoms with Crippen LogP contribution in [-0.2, 0) is 9.53 Å². The average Bonchev–Trinajstić information content (AvgIpc) is 2.84. The van der Waals surface area contributed by atoms with Crippen molar-refractivity contribution >= 4 is 5.91 Å². The van der Waals surface area contributed by atoms with Crippen LogP contribution in [0.1, 0.15) is 32.1 Å². The Morgan fingerprint density at radius 2 is 2.00 bits per heavy atom. The molecule has 2 rings (SSSR count). The first-order valence-electron chi connectivity index (χ1n) is 6.91. The highest BCUT2D eigenvalue weighted by atomic mass is 16.5. The lowest BCUT2D eigenvalue weighted by Crippen LogP contribution is -2.57. The molecule has 4 N–H and O–H groups in total. The summed E-state index contributed by atoms with van der Waals surface area (Å²) in [5, 5.41) is 12.2.